The second-order valence-corrected chi connectivity index (χ2v) is 5.47. The molecule has 2 heteroatoms. The van der Waals surface area contributed by atoms with Crippen LogP contribution in [0.1, 0.15) is 78.1 Å². The van der Waals surface area contributed by atoms with Gasteiger partial charge in [-0.2, -0.15) is 0 Å². The fraction of sp³-hybridized carbons (Fsp3) is 0.632. The van der Waals surface area contributed by atoms with Gasteiger partial charge in [-0.15, -0.1) is 0 Å². The van der Waals surface area contributed by atoms with Gasteiger partial charge in [-0.25, -0.2) is 4.79 Å². The second kappa shape index (κ2) is 15.1. The molecule has 0 amide bonds. The molecule has 1 N–H and O–H groups in total. The first kappa shape index (κ1) is 19.7. The van der Waals surface area contributed by atoms with Gasteiger partial charge in [0, 0.05) is 0 Å². The molecule has 21 heavy (non-hydrogen) atoms. The van der Waals surface area contributed by atoms with Crippen LogP contribution >= 0.6 is 0 Å². The van der Waals surface area contributed by atoms with Crippen molar-refractivity contribution in [2.45, 2.75) is 78.1 Å². The Hall–Kier alpha value is -1.31. The predicted molar refractivity (Wildman–Crippen MR) is 91.5 cm³/mol. The third-order valence-electron chi connectivity index (χ3n) is 3.48. The molecule has 0 rings (SSSR count). The molecule has 0 atom stereocenters. The standard InChI is InChI=1S/C19H32O2/c1-3-5-6-7-8-9-10-11-12-13-14-15-17-18(16-4-2)19(20)21/h4,14-17H,3,5-13H2,1-2H3,(H,20,21)/b15-14+,16-4+,18-17-. The van der Waals surface area contributed by atoms with Crippen molar-refractivity contribution in [2.24, 2.45) is 0 Å². The summed E-state index contributed by atoms with van der Waals surface area (Å²) in [5.41, 5.74) is 0.334. The fourth-order valence-electron chi connectivity index (χ4n) is 2.22. The Kier molecular flexibility index (Phi) is 14.1. The highest BCUT2D eigenvalue weighted by atomic mass is 16.4. The molecule has 0 aromatic heterocycles. The lowest BCUT2D eigenvalue weighted by Crippen LogP contribution is -1.96. The van der Waals surface area contributed by atoms with E-state index in [0.717, 1.165) is 6.42 Å². The zero-order valence-corrected chi connectivity index (χ0v) is 13.8. The van der Waals surface area contributed by atoms with Crippen LogP contribution < -0.4 is 0 Å². The molecule has 0 radical (unpaired) electrons. The van der Waals surface area contributed by atoms with Crippen LogP contribution in [-0.4, -0.2) is 11.1 Å². The van der Waals surface area contributed by atoms with E-state index in [1.54, 1.807) is 18.2 Å². The van der Waals surface area contributed by atoms with E-state index in [1.165, 1.54) is 57.8 Å². The van der Waals surface area contributed by atoms with Crippen molar-refractivity contribution in [3.63, 3.8) is 0 Å². The van der Waals surface area contributed by atoms with Gasteiger partial charge in [-0.3, -0.25) is 0 Å². The van der Waals surface area contributed by atoms with Crippen LogP contribution in [-0.2, 0) is 4.79 Å². The topological polar surface area (TPSA) is 37.3 Å². The van der Waals surface area contributed by atoms with Crippen molar-refractivity contribution in [1.82, 2.24) is 0 Å². The van der Waals surface area contributed by atoms with Crippen LogP contribution in [0.4, 0.5) is 0 Å². The summed E-state index contributed by atoms with van der Waals surface area (Å²) in [6.45, 7) is 4.07. The monoisotopic (exact) mass is 292 g/mol. The molecular formula is C19H32O2. The smallest absolute Gasteiger partial charge is 0.335 e. The quantitative estimate of drug-likeness (QED) is 0.255. The highest BCUT2D eigenvalue weighted by Gasteiger charge is 1.99. The maximum absolute atomic E-state index is 10.9. The van der Waals surface area contributed by atoms with Crippen molar-refractivity contribution in [2.75, 3.05) is 0 Å². The summed E-state index contributed by atoms with van der Waals surface area (Å²) >= 11 is 0. The number of allylic oxidation sites excluding steroid dienone is 4. The lowest BCUT2D eigenvalue weighted by atomic mass is 10.1. The predicted octanol–water partition coefficient (Wildman–Crippen LogP) is 6.05. The van der Waals surface area contributed by atoms with Gasteiger partial charge in [0.1, 0.15) is 0 Å². The molecule has 0 fully saturated rings. The van der Waals surface area contributed by atoms with E-state index in [2.05, 4.69) is 13.0 Å². The highest BCUT2D eigenvalue weighted by Crippen LogP contribution is 2.10. The van der Waals surface area contributed by atoms with E-state index in [9.17, 15) is 4.79 Å². The Morgan fingerprint density at radius 2 is 1.52 bits per heavy atom. The molecule has 120 valence electrons. The minimum absolute atomic E-state index is 0.334. The summed E-state index contributed by atoms with van der Waals surface area (Å²) in [7, 11) is 0. The number of carbonyl (C=O) groups is 1. The van der Waals surface area contributed by atoms with Gasteiger partial charge < -0.3 is 5.11 Å². The number of carboxylic acid groups (broad SMARTS) is 1. The van der Waals surface area contributed by atoms with Crippen molar-refractivity contribution in [3.05, 3.63) is 36.0 Å². The molecule has 0 saturated carbocycles. The van der Waals surface area contributed by atoms with Crippen molar-refractivity contribution < 1.29 is 9.90 Å². The van der Waals surface area contributed by atoms with Crippen LogP contribution in [0.2, 0.25) is 0 Å². The van der Waals surface area contributed by atoms with Crippen LogP contribution in [0.25, 0.3) is 0 Å². The van der Waals surface area contributed by atoms with Gasteiger partial charge in [0.15, 0.2) is 0 Å². The highest BCUT2D eigenvalue weighted by molar-refractivity contribution is 5.90. The van der Waals surface area contributed by atoms with Gasteiger partial charge in [0.2, 0.25) is 0 Å². The number of aliphatic carboxylic acids is 1. The fourth-order valence-corrected chi connectivity index (χ4v) is 2.22. The summed E-state index contributed by atoms with van der Waals surface area (Å²) in [5, 5.41) is 8.93. The number of carboxylic acids is 1. The normalized spacial score (nSPS) is 12.6. The minimum atomic E-state index is -0.874. The van der Waals surface area contributed by atoms with Gasteiger partial charge in [0.05, 0.1) is 5.57 Å². The van der Waals surface area contributed by atoms with E-state index >= 15 is 0 Å². The average molecular weight is 292 g/mol. The molecule has 0 aliphatic rings. The van der Waals surface area contributed by atoms with E-state index in [4.69, 9.17) is 5.11 Å². The summed E-state index contributed by atoms with van der Waals surface area (Å²) in [5.74, 6) is -0.874. The summed E-state index contributed by atoms with van der Waals surface area (Å²) < 4.78 is 0. The maximum Gasteiger partial charge on any atom is 0.335 e. The summed E-state index contributed by atoms with van der Waals surface area (Å²) in [4.78, 5) is 10.9. The van der Waals surface area contributed by atoms with Gasteiger partial charge in [0.25, 0.3) is 0 Å². The molecule has 0 aromatic rings. The Morgan fingerprint density at radius 1 is 0.952 bits per heavy atom. The SMILES string of the molecule is C/C=C/C(=C/C=C/CCCCCCCCCCC)C(=O)O. The van der Waals surface area contributed by atoms with Crippen molar-refractivity contribution in [1.29, 1.82) is 0 Å². The second-order valence-electron chi connectivity index (χ2n) is 5.47. The van der Waals surface area contributed by atoms with Gasteiger partial charge >= 0.3 is 5.97 Å². The zero-order chi connectivity index (χ0) is 15.8. The molecule has 0 bridgehead atoms. The molecule has 0 unspecified atom stereocenters. The Morgan fingerprint density at radius 3 is 2.05 bits per heavy atom. The maximum atomic E-state index is 10.9. The Balaban J connectivity index is 3.56. The van der Waals surface area contributed by atoms with Crippen LogP contribution in [0.3, 0.4) is 0 Å². The van der Waals surface area contributed by atoms with Gasteiger partial charge in [-0.05, 0) is 25.8 Å². The molecule has 0 spiro atoms. The average Bonchev–Trinajstić information content (AvgIpc) is 2.47. The molecule has 0 aliphatic heterocycles. The molecule has 0 aliphatic carbocycles. The number of rotatable bonds is 13. The van der Waals surface area contributed by atoms with E-state index in [1.807, 2.05) is 13.0 Å². The third kappa shape index (κ3) is 13.4. The van der Waals surface area contributed by atoms with Gasteiger partial charge in [-0.1, -0.05) is 82.6 Å². The van der Waals surface area contributed by atoms with Crippen molar-refractivity contribution in [3.8, 4) is 0 Å². The molecule has 0 aromatic carbocycles. The lowest BCUT2D eigenvalue weighted by molar-refractivity contribution is -0.132. The molecular weight excluding hydrogens is 260 g/mol. The van der Waals surface area contributed by atoms with Crippen molar-refractivity contribution >= 4 is 5.97 Å². The van der Waals surface area contributed by atoms with Crippen LogP contribution in [0.15, 0.2) is 36.0 Å². The van der Waals surface area contributed by atoms with Crippen LogP contribution in [0.5, 0.6) is 0 Å². The Bertz CT molecular complexity index is 337. The van der Waals surface area contributed by atoms with E-state index in [0.29, 0.717) is 5.57 Å². The number of hydrogen-bond acceptors (Lipinski definition) is 1. The largest absolute Gasteiger partial charge is 0.478 e. The first-order chi connectivity index (χ1) is 10.2. The zero-order valence-electron chi connectivity index (χ0n) is 13.8. The van der Waals surface area contributed by atoms with Crippen LogP contribution in [0, 0.1) is 0 Å². The first-order valence-electron chi connectivity index (χ1n) is 8.45. The molecule has 0 heterocycles. The third-order valence-corrected chi connectivity index (χ3v) is 3.48. The van der Waals surface area contributed by atoms with E-state index < -0.39 is 5.97 Å². The summed E-state index contributed by atoms with van der Waals surface area (Å²) in [6, 6.07) is 0. The van der Waals surface area contributed by atoms with E-state index in [-0.39, 0.29) is 0 Å². The minimum Gasteiger partial charge on any atom is -0.478 e. The Labute approximate surface area is 130 Å². The first-order valence-corrected chi connectivity index (χ1v) is 8.45. The number of hydrogen-bond donors (Lipinski definition) is 1. The lowest BCUT2D eigenvalue weighted by Gasteiger charge is -2.00. The number of unbranched alkanes of at least 4 members (excludes halogenated alkanes) is 9. The molecule has 0 saturated heterocycles. The molecule has 2 nitrogen and oxygen atoms in total. The summed E-state index contributed by atoms with van der Waals surface area (Å²) in [6.07, 6.45) is 22.0.